The zero-order valence-corrected chi connectivity index (χ0v) is 12.4. The smallest absolute Gasteiger partial charge is 0.233 e. The molecule has 1 aromatic carbocycles. The summed E-state index contributed by atoms with van der Waals surface area (Å²) in [6.45, 7) is 0.957. The molecule has 0 saturated carbocycles. The Morgan fingerprint density at radius 3 is 3.05 bits per heavy atom. The van der Waals surface area contributed by atoms with E-state index in [1.165, 1.54) is 10.5 Å². The van der Waals surface area contributed by atoms with Crippen molar-refractivity contribution in [3.8, 4) is 0 Å². The predicted octanol–water partition coefficient (Wildman–Crippen LogP) is 1.94. The molecule has 1 aromatic rings. The van der Waals surface area contributed by atoms with Crippen molar-refractivity contribution < 1.29 is 9.90 Å². The highest BCUT2D eigenvalue weighted by atomic mass is 32.2. The number of amides is 1. The highest BCUT2D eigenvalue weighted by Crippen LogP contribution is 2.36. The normalized spacial score (nSPS) is 17.2. The first-order valence-electron chi connectivity index (χ1n) is 6.52. The number of fused-ring (bicyclic) bond motifs is 1. The van der Waals surface area contributed by atoms with Gasteiger partial charge in [0.05, 0.1) is 5.25 Å². The molecule has 0 aliphatic carbocycles. The lowest BCUT2D eigenvalue weighted by atomic mass is 10.1. The van der Waals surface area contributed by atoms with Gasteiger partial charge in [-0.3, -0.25) is 4.79 Å². The van der Waals surface area contributed by atoms with E-state index in [-0.39, 0.29) is 17.8 Å². The van der Waals surface area contributed by atoms with Gasteiger partial charge < -0.3 is 10.4 Å². The van der Waals surface area contributed by atoms with Crippen LogP contribution in [0.4, 0.5) is 0 Å². The molecular weight excluding hydrogens is 278 g/mol. The number of aliphatic hydroxyl groups is 1. The molecule has 1 heterocycles. The molecule has 3 nitrogen and oxygen atoms in total. The summed E-state index contributed by atoms with van der Waals surface area (Å²) in [5, 5.41) is 11.7. The summed E-state index contributed by atoms with van der Waals surface area (Å²) in [4.78, 5) is 13.3. The molecule has 0 aromatic heterocycles. The van der Waals surface area contributed by atoms with Crippen molar-refractivity contribution in [3.05, 3.63) is 29.8 Å². The number of carbonyl (C=O) groups excluding carboxylic acids is 1. The highest BCUT2D eigenvalue weighted by Gasteiger charge is 2.27. The summed E-state index contributed by atoms with van der Waals surface area (Å²) >= 11 is 3.43. The molecule has 1 aliphatic heterocycles. The lowest BCUT2D eigenvalue weighted by Gasteiger charge is -2.09. The summed E-state index contributed by atoms with van der Waals surface area (Å²) in [6.07, 6.45) is 1.66. The first-order valence-corrected chi connectivity index (χ1v) is 8.55. The van der Waals surface area contributed by atoms with Crippen LogP contribution in [0.3, 0.4) is 0 Å². The van der Waals surface area contributed by atoms with E-state index < -0.39 is 0 Å². The third kappa shape index (κ3) is 4.44. The summed E-state index contributed by atoms with van der Waals surface area (Å²) in [7, 11) is 0. The van der Waals surface area contributed by atoms with Crippen LogP contribution in [0, 0.1) is 0 Å². The average molecular weight is 297 g/mol. The van der Waals surface area contributed by atoms with Gasteiger partial charge in [-0.2, -0.15) is 11.8 Å². The molecule has 1 atom stereocenters. The van der Waals surface area contributed by atoms with E-state index in [1.807, 2.05) is 12.1 Å². The molecule has 5 heteroatoms. The Balaban J connectivity index is 1.66. The van der Waals surface area contributed by atoms with E-state index in [9.17, 15) is 4.79 Å². The van der Waals surface area contributed by atoms with Crippen LogP contribution in [-0.4, -0.2) is 40.9 Å². The standard InChI is InChI=1S/C14H19NO2S2/c16-7-3-8-18-9-6-15-14(17)13-10-11-4-1-2-5-12(11)19-13/h1-2,4-5,13,16H,3,6-10H2,(H,15,17). The summed E-state index contributed by atoms with van der Waals surface area (Å²) < 4.78 is 0. The number of aliphatic hydroxyl groups excluding tert-OH is 1. The second kappa shape index (κ2) is 7.82. The lowest BCUT2D eigenvalue weighted by molar-refractivity contribution is -0.120. The van der Waals surface area contributed by atoms with Crippen LogP contribution in [0.15, 0.2) is 29.2 Å². The molecule has 2 N–H and O–H groups in total. The van der Waals surface area contributed by atoms with E-state index in [2.05, 4.69) is 17.4 Å². The Morgan fingerprint density at radius 2 is 2.26 bits per heavy atom. The maximum absolute atomic E-state index is 12.0. The second-order valence-corrected chi connectivity index (χ2v) is 6.87. The Kier molecular flexibility index (Phi) is 6.07. The quantitative estimate of drug-likeness (QED) is 0.755. The van der Waals surface area contributed by atoms with Crippen LogP contribution in [0.1, 0.15) is 12.0 Å². The van der Waals surface area contributed by atoms with Crippen molar-refractivity contribution in [1.29, 1.82) is 0 Å². The van der Waals surface area contributed by atoms with Crippen molar-refractivity contribution in [2.75, 3.05) is 24.7 Å². The number of thioether (sulfide) groups is 2. The molecule has 1 unspecified atom stereocenters. The molecule has 0 fully saturated rings. The number of rotatable bonds is 7. The topological polar surface area (TPSA) is 49.3 Å². The van der Waals surface area contributed by atoms with Gasteiger partial charge in [0.25, 0.3) is 0 Å². The molecule has 0 saturated heterocycles. The largest absolute Gasteiger partial charge is 0.396 e. The van der Waals surface area contributed by atoms with E-state index in [0.717, 1.165) is 24.3 Å². The van der Waals surface area contributed by atoms with Crippen LogP contribution in [0.5, 0.6) is 0 Å². The van der Waals surface area contributed by atoms with E-state index >= 15 is 0 Å². The van der Waals surface area contributed by atoms with Gasteiger partial charge in [0.2, 0.25) is 5.91 Å². The molecular formula is C14H19NO2S2. The maximum Gasteiger partial charge on any atom is 0.233 e. The minimum absolute atomic E-state index is 0.0276. The van der Waals surface area contributed by atoms with Gasteiger partial charge in [0.15, 0.2) is 0 Å². The first kappa shape index (κ1) is 14.8. The molecule has 104 valence electrons. The van der Waals surface area contributed by atoms with Gasteiger partial charge in [-0.05, 0) is 30.2 Å². The third-order valence-electron chi connectivity index (χ3n) is 2.93. The zero-order valence-electron chi connectivity index (χ0n) is 10.8. The molecule has 1 aliphatic rings. The van der Waals surface area contributed by atoms with Gasteiger partial charge in [0.1, 0.15) is 0 Å². The molecule has 0 radical (unpaired) electrons. The van der Waals surface area contributed by atoms with Crippen LogP contribution >= 0.6 is 23.5 Å². The molecule has 2 rings (SSSR count). The van der Waals surface area contributed by atoms with E-state index in [4.69, 9.17) is 5.11 Å². The number of hydrogen-bond acceptors (Lipinski definition) is 4. The highest BCUT2D eigenvalue weighted by molar-refractivity contribution is 8.01. The van der Waals surface area contributed by atoms with Crippen LogP contribution in [-0.2, 0) is 11.2 Å². The summed E-state index contributed by atoms with van der Waals surface area (Å²) in [5.74, 6) is 2.01. The fraction of sp³-hybridized carbons (Fsp3) is 0.500. The Hall–Kier alpha value is -0.650. The maximum atomic E-state index is 12.0. The van der Waals surface area contributed by atoms with E-state index in [1.54, 1.807) is 23.5 Å². The van der Waals surface area contributed by atoms with Gasteiger partial charge in [-0.15, -0.1) is 11.8 Å². The zero-order chi connectivity index (χ0) is 13.5. The molecule has 19 heavy (non-hydrogen) atoms. The van der Waals surface area contributed by atoms with Gasteiger partial charge in [0, 0.05) is 23.8 Å². The number of nitrogens with one attached hydrogen (secondary N) is 1. The molecule has 0 bridgehead atoms. The van der Waals surface area contributed by atoms with Gasteiger partial charge in [-0.1, -0.05) is 18.2 Å². The van der Waals surface area contributed by atoms with E-state index in [0.29, 0.717) is 6.54 Å². The van der Waals surface area contributed by atoms with Gasteiger partial charge >= 0.3 is 0 Å². The molecule has 1 amide bonds. The predicted molar refractivity (Wildman–Crippen MR) is 81.8 cm³/mol. The lowest BCUT2D eigenvalue weighted by Crippen LogP contribution is -2.33. The summed E-state index contributed by atoms with van der Waals surface area (Å²) in [5.41, 5.74) is 1.28. The Morgan fingerprint density at radius 1 is 1.42 bits per heavy atom. The van der Waals surface area contributed by atoms with Crippen LogP contribution < -0.4 is 5.32 Å². The van der Waals surface area contributed by atoms with Gasteiger partial charge in [-0.25, -0.2) is 0 Å². The Bertz CT molecular complexity index is 401. The van der Waals surface area contributed by atoms with Crippen LogP contribution in [0.25, 0.3) is 0 Å². The van der Waals surface area contributed by atoms with Crippen molar-refractivity contribution in [3.63, 3.8) is 0 Å². The summed E-state index contributed by atoms with van der Waals surface area (Å²) in [6, 6.07) is 8.22. The number of benzene rings is 1. The SMILES string of the molecule is O=C(NCCSCCCO)C1Cc2ccccc2S1. The Labute approximate surface area is 122 Å². The first-order chi connectivity index (χ1) is 9.31. The number of hydrogen-bond donors (Lipinski definition) is 2. The molecule has 0 spiro atoms. The third-order valence-corrected chi connectivity index (χ3v) is 5.32. The average Bonchev–Trinajstić information content (AvgIpc) is 2.86. The monoisotopic (exact) mass is 297 g/mol. The minimum atomic E-state index is 0.0276. The van der Waals surface area contributed by atoms with Crippen molar-refractivity contribution in [2.45, 2.75) is 23.0 Å². The van der Waals surface area contributed by atoms with Crippen LogP contribution in [0.2, 0.25) is 0 Å². The van der Waals surface area contributed by atoms with Crippen molar-refractivity contribution >= 4 is 29.4 Å². The fourth-order valence-electron chi connectivity index (χ4n) is 1.96. The minimum Gasteiger partial charge on any atom is -0.396 e. The fourth-order valence-corrected chi connectivity index (χ4v) is 3.96. The van der Waals surface area contributed by atoms with Crippen molar-refractivity contribution in [1.82, 2.24) is 5.32 Å². The second-order valence-electron chi connectivity index (χ2n) is 4.40. The van der Waals surface area contributed by atoms with Crippen molar-refractivity contribution in [2.24, 2.45) is 0 Å². The number of carbonyl (C=O) groups is 1.